The lowest BCUT2D eigenvalue weighted by Crippen LogP contribution is -2.51. The first-order chi connectivity index (χ1) is 9.01. The molecule has 1 aliphatic rings. The molecule has 4 nitrogen and oxygen atoms in total. The lowest BCUT2D eigenvalue weighted by Gasteiger charge is -2.28. The van der Waals surface area contributed by atoms with E-state index in [1.807, 2.05) is 20.8 Å². The number of carbonyl (C=O) groups excluding carboxylic acids is 1. The minimum absolute atomic E-state index is 0.137. The topological polar surface area (TPSA) is 58.6 Å². The van der Waals surface area contributed by atoms with Gasteiger partial charge in [-0.25, -0.2) is 0 Å². The standard InChI is InChI=1S/C14H27NO3S/c1-4-18-13(17)14(3,15-12-6-7-12)8-5-9-19-11(2)10-16/h11-12,15-16H,4-10H2,1-3H3. The molecule has 1 saturated carbocycles. The van der Waals surface area contributed by atoms with E-state index in [1.54, 1.807) is 11.8 Å². The first kappa shape index (κ1) is 16.8. The van der Waals surface area contributed by atoms with Crippen LogP contribution in [0.5, 0.6) is 0 Å². The number of rotatable bonds is 10. The molecule has 0 aromatic heterocycles. The second kappa shape index (κ2) is 8.12. The molecule has 0 heterocycles. The van der Waals surface area contributed by atoms with Crippen LogP contribution in [0.2, 0.25) is 0 Å². The molecule has 0 aromatic rings. The van der Waals surface area contributed by atoms with Crippen LogP contribution in [0.4, 0.5) is 0 Å². The van der Waals surface area contributed by atoms with E-state index in [9.17, 15) is 4.79 Å². The number of aliphatic hydroxyl groups excluding tert-OH is 1. The van der Waals surface area contributed by atoms with Gasteiger partial charge < -0.3 is 9.84 Å². The molecule has 1 fully saturated rings. The average molecular weight is 289 g/mol. The van der Waals surface area contributed by atoms with Crippen molar-refractivity contribution in [3.05, 3.63) is 0 Å². The maximum Gasteiger partial charge on any atom is 0.326 e. The number of aliphatic hydroxyl groups is 1. The summed E-state index contributed by atoms with van der Waals surface area (Å²) in [6.45, 7) is 6.44. The molecule has 0 saturated heterocycles. The Morgan fingerprint density at radius 3 is 2.79 bits per heavy atom. The van der Waals surface area contributed by atoms with E-state index >= 15 is 0 Å². The van der Waals surface area contributed by atoms with Gasteiger partial charge in [-0.3, -0.25) is 10.1 Å². The fraction of sp³-hybridized carbons (Fsp3) is 0.929. The van der Waals surface area contributed by atoms with Gasteiger partial charge in [-0.2, -0.15) is 11.8 Å². The quantitative estimate of drug-likeness (QED) is 0.475. The number of nitrogens with one attached hydrogen (secondary N) is 1. The van der Waals surface area contributed by atoms with Gasteiger partial charge in [0.15, 0.2) is 0 Å². The van der Waals surface area contributed by atoms with Crippen molar-refractivity contribution in [1.82, 2.24) is 5.32 Å². The molecule has 1 aliphatic carbocycles. The normalized spacial score (nSPS) is 19.8. The number of hydrogen-bond acceptors (Lipinski definition) is 5. The summed E-state index contributed by atoms with van der Waals surface area (Å²) in [5.41, 5.74) is -0.555. The van der Waals surface area contributed by atoms with E-state index in [1.165, 1.54) is 0 Å². The highest BCUT2D eigenvalue weighted by Crippen LogP contribution is 2.26. The number of thioether (sulfide) groups is 1. The predicted molar refractivity (Wildman–Crippen MR) is 79.4 cm³/mol. The van der Waals surface area contributed by atoms with Gasteiger partial charge in [0.25, 0.3) is 0 Å². The largest absolute Gasteiger partial charge is 0.465 e. The molecule has 0 amide bonds. The van der Waals surface area contributed by atoms with Gasteiger partial charge >= 0.3 is 5.97 Å². The Kier molecular flexibility index (Phi) is 7.18. The van der Waals surface area contributed by atoms with Crippen LogP contribution in [-0.2, 0) is 9.53 Å². The summed E-state index contributed by atoms with van der Waals surface area (Å²) in [5.74, 6) is 0.824. The van der Waals surface area contributed by atoms with E-state index in [-0.39, 0.29) is 17.8 Å². The molecule has 0 bridgehead atoms. The minimum Gasteiger partial charge on any atom is -0.465 e. The Hall–Kier alpha value is -0.260. The minimum atomic E-state index is -0.555. The van der Waals surface area contributed by atoms with Gasteiger partial charge in [0.1, 0.15) is 5.54 Å². The maximum atomic E-state index is 12.1. The zero-order chi connectivity index (χ0) is 14.3. The molecule has 0 radical (unpaired) electrons. The van der Waals surface area contributed by atoms with E-state index in [2.05, 4.69) is 5.32 Å². The van der Waals surface area contributed by atoms with Crippen molar-refractivity contribution in [2.45, 2.75) is 63.3 Å². The Labute approximate surface area is 120 Å². The molecule has 2 unspecified atom stereocenters. The molecule has 112 valence electrons. The van der Waals surface area contributed by atoms with E-state index in [0.717, 1.165) is 31.4 Å². The zero-order valence-electron chi connectivity index (χ0n) is 12.3. The van der Waals surface area contributed by atoms with Crippen LogP contribution in [0.15, 0.2) is 0 Å². The Morgan fingerprint density at radius 2 is 2.26 bits per heavy atom. The molecular weight excluding hydrogens is 262 g/mol. The van der Waals surface area contributed by atoms with Crippen LogP contribution < -0.4 is 5.32 Å². The molecule has 0 aliphatic heterocycles. The van der Waals surface area contributed by atoms with Gasteiger partial charge in [-0.05, 0) is 45.3 Å². The Balaban J connectivity index is 2.37. The number of esters is 1. The van der Waals surface area contributed by atoms with Crippen LogP contribution in [0.1, 0.15) is 46.5 Å². The van der Waals surface area contributed by atoms with E-state index in [4.69, 9.17) is 9.84 Å². The highest BCUT2D eigenvalue weighted by Gasteiger charge is 2.39. The molecule has 19 heavy (non-hydrogen) atoms. The molecule has 0 spiro atoms. The van der Waals surface area contributed by atoms with Gasteiger partial charge in [0.05, 0.1) is 13.2 Å². The monoisotopic (exact) mass is 289 g/mol. The van der Waals surface area contributed by atoms with Crippen molar-refractivity contribution in [3.63, 3.8) is 0 Å². The van der Waals surface area contributed by atoms with E-state index in [0.29, 0.717) is 12.6 Å². The second-order valence-electron chi connectivity index (χ2n) is 5.44. The SMILES string of the molecule is CCOC(=O)C(C)(CCCSC(C)CO)NC1CC1. The van der Waals surface area contributed by atoms with Crippen molar-refractivity contribution in [2.75, 3.05) is 19.0 Å². The Morgan fingerprint density at radius 1 is 1.58 bits per heavy atom. The van der Waals surface area contributed by atoms with Crippen molar-refractivity contribution in [2.24, 2.45) is 0 Å². The van der Waals surface area contributed by atoms with E-state index < -0.39 is 5.54 Å². The summed E-state index contributed by atoms with van der Waals surface area (Å²) >= 11 is 1.75. The third-order valence-electron chi connectivity index (χ3n) is 3.31. The van der Waals surface area contributed by atoms with Crippen molar-refractivity contribution < 1.29 is 14.6 Å². The molecule has 0 aromatic carbocycles. The summed E-state index contributed by atoms with van der Waals surface area (Å²) in [7, 11) is 0. The third-order valence-corrected chi connectivity index (χ3v) is 4.55. The maximum absolute atomic E-state index is 12.1. The van der Waals surface area contributed by atoms with Crippen LogP contribution in [0.3, 0.4) is 0 Å². The molecular formula is C14H27NO3S. The number of carbonyl (C=O) groups is 1. The van der Waals surface area contributed by atoms with Gasteiger partial charge in [0, 0.05) is 11.3 Å². The highest BCUT2D eigenvalue weighted by atomic mass is 32.2. The Bertz CT molecular complexity index is 284. The molecule has 2 N–H and O–H groups in total. The second-order valence-corrected chi connectivity index (χ2v) is 6.99. The number of ether oxygens (including phenoxy) is 1. The van der Waals surface area contributed by atoms with Gasteiger partial charge in [-0.15, -0.1) is 0 Å². The van der Waals surface area contributed by atoms with Crippen molar-refractivity contribution in [3.8, 4) is 0 Å². The smallest absolute Gasteiger partial charge is 0.326 e. The lowest BCUT2D eigenvalue weighted by molar-refractivity contribution is -0.151. The fourth-order valence-electron chi connectivity index (χ4n) is 1.96. The first-order valence-electron chi connectivity index (χ1n) is 7.19. The van der Waals surface area contributed by atoms with Gasteiger partial charge in [0.2, 0.25) is 0 Å². The molecule has 5 heteroatoms. The molecule has 2 atom stereocenters. The summed E-state index contributed by atoms with van der Waals surface area (Å²) in [6.07, 6.45) is 4.05. The van der Waals surface area contributed by atoms with Crippen molar-refractivity contribution >= 4 is 17.7 Å². The summed E-state index contributed by atoms with van der Waals surface area (Å²) in [4.78, 5) is 12.1. The fourth-order valence-corrected chi connectivity index (χ4v) is 2.78. The van der Waals surface area contributed by atoms with Crippen LogP contribution in [0, 0.1) is 0 Å². The summed E-state index contributed by atoms with van der Waals surface area (Å²) in [6, 6.07) is 0.485. The lowest BCUT2D eigenvalue weighted by atomic mass is 9.96. The van der Waals surface area contributed by atoms with Crippen LogP contribution >= 0.6 is 11.8 Å². The zero-order valence-corrected chi connectivity index (χ0v) is 13.1. The summed E-state index contributed by atoms with van der Waals surface area (Å²) in [5, 5.41) is 12.7. The molecule has 1 rings (SSSR count). The average Bonchev–Trinajstić information content (AvgIpc) is 3.18. The predicted octanol–water partition coefficient (Wildman–Crippen LogP) is 1.95. The third kappa shape index (κ3) is 6.15. The first-order valence-corrected chi connectivity index (χ1v) is 8.24. The summed E-state index contributed by atoms with van der Waals surface area (Å²) < 4.78 is 5.19. The van der Waals surface area contributed by atoms with Crippen LogP contribution in [0.25, 0.3) is 0 Å². The number of hydrogen-bond donors (Lipinski definition) is 2. The van der Waals surface area contributed by atoms with Crippen LogP contribution in [-0.4, -0.2) is 46.9 Å². The highest BCUT2D eigenvalue weighted by molar-refractivity contribution is 7.99. The van der Waals surface area contributed by atoms with Crippen molar-refractivity contribution in [1.29, 1.82) is 0 Å². The van der Waals surface area contributed by atoms with Gasteiger partial charge in [-0.1, -0.05) is 6.92 Å².